The summed E-state index contributed by atoms with van der Waals surface area (Å²) in [5, 5.41) is 14.2. The van der Waals surface area contributed by atoms with E-state index in [9.17, 15) is 0 Å². The van der Waals surface area contributed by atoms with Gasteiger partial charge in [0.05, 0.1) is 0 Å². The van der Waals surface area contributed by atoms with Crippen molar-refractivity contribution in [3.05, 3.63) is 17.5 Å². The first-order valence-corrected chi connectivity index (χ1v) is 5.78. The normalized spacial score (nSPS) is 33.4. The quantitative estimate of drug-likeness (QED) is 0.763. The van der Waals surface area contributed by atoms with Crippen molar-refractivity contribution < 1.29 is 0 Å². The highest BCUT2D eigenvalue weighted by molar-refractivity contribution is 5.19. The van der Waals surface area contributed by atoms with Gasteiger partial charge in [-0.15, -0.1) is 10.2 Å². The summed E-state index contributed by atoms with van der Waals surface area (Å²) in [7, 11) is 0. The number of hydrogen-bond donors (Lipinski definition) is 1. The number of tetrazole rings is 1. The van der Waals surface area contributed by atoms with Crippen LogP contribution in [0.15, 0.2) is 11.6 Å². The summed E-state index contributed by atoms with van der Waals surface area (Å²) in [6.07, 6.45) is 7.40. The van der Waals surface area contributed by atoms with Crippen LogP contribution in [-0.4, -0.2) is 20.6 Å². The predicted octanol–water partition coefficient (Wildman–Crippen LogP) is 1.73. The maximum atomic E-state index is 4.02. The molecule has 4 heteroatoms. The Labute approximate surface area is 89.2 Å². The van der Waals surface area contributed by atoms with E-state index in [1.54, 1.807) is 5.57 Å². The SMILES string of the molecule is CCC1=CC2C(C1)C[C@@H]2Cc1nn[nH]n1. The molecule has 1 fully saturated rings. The third kappa shape index (κ3) is 1.48. The van der Waals surface area contributed by atoms with Gasteiger partial charge in [-0.2, -0.15) is 5.21 Å². The minimum Gasteiger partial charge on any atom is -0.177 e. The number of allylic oxidation sites excluding steroid dienone is 2. The highest BCUT2D eigenvalue weighted by Gasteiger charge is 2.43. The average Bonchev–Trinajstić information content (AvgIpc) is 2.82. The molecule has 1 N–H and O–H groups in total. The van der Waals surface area contributed by atoms with Crippen molar-refractivity contribution in [2.45, 2.75) is 32.6 Å². The number of hydrogen-bond acceptors (Lipinski definition) is 3. The molecule has 1 aromatic rings. The summed E-state index contributed by atoms with van der Waals surface area (Å²) in [5.41, 5.74) is 1.65. The maximum absolute atomic E-state index is 4.02. The number of rotatable bonds is 3. The van der Waals surface area contributed by atoms with E-state index < -0.39 is 0 Å². The van der Waals surface area contributed by atoms with Crippen molar-refractivity contribution in [2.75, 3.05) is 0 Å². The predicted molar refractivity (Wildman–Crippen MR) is 56.0 cm³/mol. The molecule has 0 spiro atoms. The van der Waals surface area contributed by atoms with Crippen molar-refractivity contribution >= 4 is 0 Å². The van der Waals surface area contributed by atoms with E-state index >= 15 is 0 Å². The molecule has 80 valence electrons. The molecule has 2 aliphatic carbocycles. The molecular weight excluding hydrogens is 188 g/mol. The molecule has 1 aromatic heterocycles. The van der Waals surface area contributed by atoms with E-state index in [-0.39, 0.29) is 0 Å². The Balaban J connectivity index is 1.65. The summed E-state index contributed by atoms with van der Waals surface area (Å²) in [5.74, 6) is 3.36. The summed E-state index contributed by atoms with van der Waals surface area (Å²) in [4.78, 5) is 0. The van der Waals surface area contributed by atoms with Gasteiger partial charge in [0.25, 0.3) is 0 Å². The Kier molecular flexibility index (Phi) is 2.08. The van der Waals surface area contributed by atoms with Crippen molar-refractivity contribution in [3.8, 4) is 0 Å². The molecule has 1 saturated carbocycles. The van der Waals surface area contributed by atoms with E-state index in [1.807, 2.05) is 0 Å². The number of nitrogens with zero attached hydrogens (tertiary/aromatic N) is 3. The molecule has 2 aliphatic rings. The van der Waals surface area contributed by atoms with E-state index in [4.69, 9.17) is 0 Å². The van der Waals surface area contributed by atoms with Gasteiger partial charge in [0, 0.05) is 6.42 Å². The Morgan fingerprint density at radius 3 is 3.20 bits per heavy atom. The van der Waals surface area contributed by atoms with Crippen LogP contribution in [0, 0.1) is 17.8 Å². The van der Waals surface area contributed by atoms with Gasteiger partial charge in [-0.25, -0.2) is 0 Å². The fraction of sp³-hybridized carbons (Fsp3) is 0.727. The summed E-state index contributed by atoms with van der Waals surface area (Å²) >= 11 is 0. The highest BCUT2D eigenvalue weighted by atomic mass is 15.5. The van der Waals surface area contributed by atoms with Gasteiger partial charge in [0.1, 0.15) is 0 Å². The molecule has 0 bridgehead atoms. The van der Waals surface area contributed by atoms with Crippen LogP contribution in [-0.2, 0) is 6.42 Å². The molecule has 3 rings (SSSR count). The second-order valence-corrected chi connectivity index (χ2v) is 4.75. The van der Waals surface area contributed by atoms with Crippen LogP contribution in [0.3, 0.4) is 0 Å². The largest absolute Gasteiger partial charge is 0.177 e. The van der Waals surface area contributed by atoms with Gasteiger partial charge in [-0.3, -0.25) is 0 Å². The topological polar surface area (TPSA) is 54.5 Å². The standard InChI is InChI=1S/C11H16N4/c1-2-7-3-8-5-9(10(8)4-7)6-11-12-14-15-13-11/h4,8-10H,2-3,5-6H2,1H3,(H,12,13,14,15)/t8?,9-,10?/m1/s1. The molecule has 1 heterocycles. The lowest BCUT2D eigenvalue weighted by atomic mass is 9.65. The van der Waals surface area contributed by atoms with E-state index in [0.29, 0.717) is 0 Å². The van der Waals surface area contributed by atoms with Crippen LogP contribution >= 0.6 is 0 Å². The lowest BCUT2D eigenvalue weighted by Crippen LogP contribution is -2.34. The smallest absolute Gasteiger partial charge is 0.174 e. The van der Waals surface area contributed by atoms with Crippen molar-refractivity contribution in [1.29, 1.82) is 0 Å². The fourth-order valence-electron chi connectivity index (χ4n) is 3.05. The van der Waals surface area contributed by atoms with Crippen molar-refractivity contribution in [1.82, 2.24) is 20.6 Å². The molecule has 15 heavy (non-hydrogen) atoms. The number of fused-ring (bicyclic) bond motifs is 1. The number of aromatic nitrogens is 4. The van der Waals surface area contributed by atoms with Gasteiger partial charge in [-0.1, -0.05) is 23.8 Å². The Hall–Kier alpha value is -1.19. The van der Waals surface area contributed by atoms with E-state index in [2.05, 4.69) is 33.6 Å². The van der Waals surface area contributed by atoms with Gasteiger partial charge < -0.3 is 0 Å². The minimum atomic E-state index is 0.761. The van der Waals surface area contributed by atoms with E-state index in [0.717, 1.165) is 30.0 Å². The molecule has 2 unspecified atom stereocenters. The molecule has 0 amide bonds. The van der Waals surface area contributed by atoms with Crippen LogP contribution in [0.25, 0.3) is 0 Å². The monoisotopic (exact) mass is 204 g/mol. The third-order valence-corrected chi connectivity index (χ3v) is 3.93. The summed E-state index contributed by atoms with van der Waals surface area (Å²) in [6, 6.07) is 0. The molecule has 3 atom stereocenters. The van der Waals surface area contributed by atoms with Crippen LogP contribution in [0.5, 0.6) is 0 Å². The Morgan fingerprint density at radius 1 is 1.53 bits per heavy atom. The first kappa shape index (κ1) is 9.07. The molecular formula is C11H16N4. The van der Waals surface area contributed by atoms with Crippen LogP contribution in [0.4, 0.5) is 0 Å². The van der Waals surface area contributed by atoms with Crippen molar-refractivity contribution in [2.24, 2.45) is 17.8 Å². The van der Waals surface area contributed by atoms with Gasteiger partial charge >= 0.3 is 0 Å². The highest BCUT2D eigenvalue weighted by Crippen LogP contribution is 2.51. The first-order chi connectivity index (χ1) is 7.36. The zero-order valence-electron chi connectivity index (χ0n) is 8.98. The van der Waals surface area contributed by atoms with Crippen LogP contribution in [0.2, 0.25) is 0 Å². The summed E-state index contributed by atoms with van der Waals surface area (Å²) < 4.78 is 0. The second kappa shape index (κ2) is 3.43. The average molecular weight is 204 g/mol. The number of H-pyrrole nitrogens is 1. The van der Waals surface area contributed by atoms with Gasteiger partial charge in [0.15, 0.2) is 5.82 Å². The minimum absolute atomic E-state index is 0.761. The van der Waals surface area contributed by atoms with E-state index in [1.165, 1.54) is 19.3 Å². The zero-order chi connectivity index (χ0) is 10.3. The molecule has 4 nitrogen and oxygen atoms in total. The lowest BCUT2D eigenvalue weighted by molar-refractivity contribution is 0.127. The second-order valence-electron chi connectivity index (χ2n) is 4.75. The maximum Gasteiger partial charge on any atom is 0.174 e. The fourth-order valence-corrected chi connectivity index (χ4v) is 3.05. The van der Waals surface area contributed by atoms with Gasteiger partial charge in [-0.05, 0) is 37.0 Å². The van der Waals surface area contributed by atoms with Crippen LogP contribution < -0.4 is 0 Å². The Bertz CT molecular complexity index is 368. The van der Waals surface area contributed by atoms with Crippen molar-refractivity contribution in [3.63, 3.8) is 0 Å². The van der Waals surface area contributed by atoms with Crippen LogP contribution in [0.1, 0.15) is 32.0 Å². The zero-order valence-corrected chi connectivity index (χ0v) is 8.98. The lowest BCUT2D eigenvalue weighted by Gasteiger charge is -2.39. The molecule has 0 aromatic carbocycles. The molecule has 0 aliphatic heterocycles. The summed E-state index contributed by atoms with van der Waals surface area (Å²) in [6.45, 7) is 2.25. The number of aromatic amines is 1. The first-order valence-electron chi connectivity index (χ1n) is 5.78. The number of nitrogens with one attached hydrogen (secondary N) is 1. The Morgan fingerprint density at radius 2 is 2.47 bits per heavy atom. The van der Waals surface area contributed by atoms with Gasteiger partial charge in [0.2, 0.25) is 0 Å². The molecule has 0 radical (unpaired) electrons. The molecule has 0 saturated heterocycles. The third-order valence-electron chi connectivity index (χ3n) is 3.93.